The summed E-state index contributed by atoms with van der Waals surface area (Å²) in [7, 11) is 0. The topological polar surface area (TPSA) is 27.0 Å². The van der Waals surface area contributed by atoms with Gasteiger partial charge in [-0.2, -0.15) is 0 Å². The fourth-order valence-electron chi connectivity index (χ4n) is 1.15. The Bertz CT molecular complexity index is 351. The van der Waals surface area contributed by atoms with Crippen molar-refractivity contribution in [3.8, 4) is 0 Å². The maximum absolute atomic E-state index is 4.11. The Morgan fingerprint density at radius 3 is 2.73 bits per heavy atom. The maximum atomic E-state index is 4.11. The zero-order valence-electron chi connectivity index (χ0n) is 6.63. The van der Waals surface area contributed by atoms with Crippen LogP contribution >= 0.6 is 0 Å². The monoisotopic (exact) mass is 145 g/mol. The van der Waals surface area contributed by atoms with Crippen LogP contribution in [0.3, 0.4) is 0 Å². The standard InChI is InChI=1S/C9H9N2/c1-6-3-8-9(4-7(6)2)11-5-10-8/h3-5H,1-2H3/q-1. The number of fused-ring (bicyclic) bond motifs is 1. The molecule has 0 amide bonds. The minimum atomic E-state index is 0.994. The number of rotatable bonds is 0. The van der Waals surface area contributed by atoms with E-state index in [9.17, 15) is 0 Å². The van der Waals surface area contributed by atoms with Crippen LogP contribution in [-0.2, 0) is 0 Å². The molecule has 2 rings (SSSR count). The molecule has 0 aliphatic carbocycles. The summed E-state index contributed by atoms with van der Waals surface area (Å²) in [6.07, 6.45) is 1.60. The molecular formula is C9H9N2-. The van der Waals surface area contributed by atoms with Crippen molar-refractivity contribution in [1.82, 2.24) is 9.97 Å². The predicted octanol–water partition coefficient (Wildman–Crippen LogP) is 1.81. The zero-order valence-corrected chi connectivity index (χ0v) is 6.63. The molecule has 2 heteroatoms. The van der Waals surface area contributed by atoms with Gasteiger partial charge in [-0.3, -0.25) is 0 Å². The molecule has 1 heterocycles. The SMILES string of the molecule is Cc1cc2nc[n-]c2cc1C. The van der Waals surface area contributed by atoms with Gasteiger partial charge in [0.05, 0.1) is 0 Å². The van der Waals surface area contributed by atoms with E-state index in [4.69, 9.17) is 0 Å². The van der Waals surface area contributed by atoms with Crippen LogP contribution in [0.2, 0.25) is 0 Å². The minimum Gasteiger partial charge on any atom is -0.443 e. The van der Waals surface area contributed by atoms with Crippen LogP contribution < -0.4 is 4.98 Å². The summed E-state index contributed by atoms with van der Waals surface area (Å²) in [4.78, 5) is 8.22. The van der Waals surface area contributed by atoms with Gasteiger partial charge < -0.3 is 9.97 Å². The number of aromatic nitrogens is 2. The third kappa shape index (κ3) is 0.909. The molecule has 0 N–H and O–H groups in total. The second-order valence-corrected chi connectivity index (χ2v) is 2.80. The number of hydrogen-bond acceptors (Lipinski definition) is 1. The Hall–Kier alpha value is -1.31. The van der Waals surface area contributed by atoms with E-state index < -0.39 is 0 Å². The maximum Gasteiger partial charge on any atom is -0.0384 e. The van der Waals surface area contributed by atoms with Crippen molar-refractivity contribution in [2.45, 2.75) is 13.8 Å². The highest BCUT2D eigenvalue weighted by atomic mass is 14.9. The van der Waals surface area contributed by atoms with Crippen molar-refractivity contribution < 1.29 is 0 Å². The normalized spacial score (nSPS) is 10.7. The predicted molar refractivity (Wildman–Crippen MR) is 44.5 cm³/mol. The van der Waals surface area contributed by atoms with E-state index in [-0.39, 0.29) is 0 Å². The summed E-state index contributed by atoms with van der Waals surface area (Å²) < 4.78 is 0. The highest BCUT2D eigenvalue weighted by molar-refractivity contribution is 5.76. The van der Waals surface area contributed by atoms with Crippen LogP contribution in [0.4, 0.5) is 0 Å². The van der Waals surface area contributed by atoms with Crippen molar-refractivity contribution in [2.24, 2.45) is 0 Å². The molecular weight excluding hydrogens is 136 g/mol. The first-order valence-corrected chi connectivity index (χ1v) is 3.62. The number of imidazole rings is 1. The van der Waals surface area contributed by atoms with E-state index in [2.05, 4.69) is 35.9 Å². The second-order valence-electron chi connectivity index (χ2n) is 2.80. The molecule has 0 atom stereocenters. The van der Waals surface area contributed by atoms with E-state index >= 15 is 0 Å². The first-order chi connectivity index (χ1) is 5.27. The van der Waals surface area contributed by atoms with Crippen LogP contribution in [0.15, 0.2) is 18.5 Å². The number of benzene rings is 1. The summed E-state index contributed by atoms with van der Waals surface area (Å²) in [5.74, 6) is 0. The van der Waals surface area contributed by atoms with Gasteiger partial charge in [-0.25, -0.2) is 0 Å². The van der Waals surface area contributed by atoms with Crippen LogP contribution in [0.5, 0.6) is 0 Å². The zero-order chi connectivity index (χ0) is 7.84. The molecule has 0 bridgehead atoms. The Balaban J connectivity index is 2.86. The molecule has 0 aliphatic heterocycles. The molecule has 0 spiro atoms. The van der Waals surface area contributed by atoms with E-state index in [1.165, 1.54) is 11.1 Å². The summed E-state index contributed by atoms with van der Waals surface area (Å²) in [5.41, 5.74) is 4.54. The number of nitrogens with zero attached hydrogens (tertiary/aromatic N) is 2. The van der Waals surface area contributed by atoms with Gasteiger partial charge >= 0.3 is 0 Å². The first-order valence-electron chi connectivity index (χ1n) is 3.62. The van der Waals surface area contributed by atoms with Crippen molar-refractivity contribution in [1.29, 1.82) is 0 Å². The molecule has 1 aromatic carbocycles. The Morgan fingerprint density at radius 2 is 1.91 bits per heavy atom. The van der Waals surface area contributed by atoms with E-state index in [0.29, 0.717) is 0 Å². The lowest BCUT2D eigenvalue weighted by molar-refractivity contribution is 1.32. The van der Waals surface area contributed by atoms with E-state index in [1.54, 1.807) is 6.33 Å². The lowest BCUT2D eigenvalue weighted by Gasteiger charge is -2.01. The van der Waals surface area contributed by atoms with Gasteiger partial charge in [0.2, 0.25) is 0 Å². The van der Waals surface area contributed by atoms with Crippen molar-refractivity contribution in [2.75, 3.05) is 0 Å². The lowest BCUT2D eigenvalue weighted by Crippen LogP contribution is -1.80. The van der Waals surface area contributed by atoms with Crippen molar-refractivity contribution in [3.05, 3.63) is 29.6 Å². The molecule has 0 unspecified atom stereocenters. The van der Waals surface area contributed by atoms with Gasteiger partial charge in [-0.1, -0.05) is 18.5 Å². The summed E-state index contributed by atoms with van der Waals surface area (Å²) in [6, 6.07) is 4.13. The van der Waals surface area contributed by atoms with Gasteiger partial charge in [0.25, 0.3) is 0 Å². The average Bonchev–Trinajstić information content (AvgIpc) is 2.36. The molecule has 0 saturated carbocycles. The molecule has 0 aliphatic rings. The summed E-state index contributed by atoms with van der Waals surface area (Å²) in [6.45, 7) is 4.17. The fraction of sp³-hybridized carbons (Fsp3) is 0.222. The largest absolute Gasteiger partial charge is 0.443 e. The van der Waals surface area contributed by atoms with Gasteiger partial charge in [0.15, 0.2) is 0 Å². The van der Waals surface area contributed by atoms with Crippen LogP contribution in [-0.4, -0.2) is 4.98 Å². The van der Waals surface area contributed by atoms with Gasteiger partial charge in [-0.15, -0.1) is 0 Å². The molecule has 1 aromatic heterocycles. The van der Waals surface area contributed by atoms with Crippen LogP contribution in [0, 0.1) is 13.8 Å². The molecule has 0 saturated heterocycles. The minimum absolute atomic E-state index is 0.994. The van der Waals surface area contributed by atoms with Crippen molar-refractivity contribution in [3.63, 3.8) is 0 Å². The Morgan fingerprint density at radius 1 is 1.18 bits per heavy atom. The lowest BCUT2D eigenvalue weighted by atomic mass is 10.1. The van der Waals surface area contributed by atoms with Gasteiger partial charge in [0.1, 0.15) is 0 Å². The number of hydrogen-bond donors (Lipinski definition) is 0. The highest BCUT2D eigenvalue weighted by Gasteiger charge is 1.92. The quantitative estimate of drug-likeness (QED) is 0.565. The Kier molecular flexibility index (Phi) is 1.22. The highest BCUT2D eigenvalue weighted by Crippen LogP contribution is 2.14. The first kappa shape index (κ1) is 6.40. The fourth-order valence-corrected chi connectivity index (χ4v) is 1.15. The summed E-state index contributed by atoms with van der Waals surface area (Å²) in [5, 5.41) is 0. The number of aryl methyl sites for hydroxylation is 2. The van der Waals surface area contributed by atoms with Gasteiger partial charge in [0, 0.05) is 0 Å². The van der Waals surface area contributed by atoms with E-state index in [0.717, 1.165) is 11.0 Å². The molecule has 2 nitrogen and oxygen atoms in total. The van der Waals surface area contributed by atoms with E-state index in [1.807, 2.05) is 0 Å². The molecule has 2 aromatic rings. The average molecular weight is 145 g/mol. The smallest absolute Gasteiger partial charge is 0.0384 e. The molecule has 11 heavy (non-hydrogen) atoms. The third-order valence-electron chi connectivity index (χ3n) is 1.98. The molecule has 56 valence electrons. The third-order valence-corrected chi connectivity index (χ3v) is 1.98. The Labute approximate surface area is 65.3 Å². The second kappa shape index (κ2) is 2.09. The van der Waals surface area contributed by atoms with Crippen LogP contribution in [0.1, 0.15) is 11.1 Å². The molecule has 0 fully saturated rings. The van der Waals surface area contributed by atoms with Crippen LogP contribution in [0.25, 0.3) is 11.0 Å². The van der Waals surface area contributed by atoms with Crippen molar-refractivity contribution >= 4 is 11.0 Å². The van der Waals surface area contributed by atoms with Gasteiger partial charge in [-0.05, 0) is 36.0 Å². The molecule has 0 radical (unpaired) electrons. The summed E-state index contributed by atoms with van der Waals surface area (Å²) >= 11 is 0.